The van der Waals surface area contributed by atoms with Gasteiger partial charge in [-0.15, -0.1) is 0 Å². The number of ketones is 1. The monoisotopic (exact) mass is 294 g/mol. The average Bonchev–Trinajstić information content (AvgIpc) is 2.46. The Balaban J connectivity index is 2.02. The van der Waals surface area contributed by atoms with Gasteiger partial charge in [0.25, 0.3) is 0 Å². The van der Waals surface area contributed by atoms with Gasteiger partial charge in [0.15, 0.2) is 0 Å². The molecule has 2 aliphatic carbocycles. The molecule has 4 rings (SSSR count). The fourth-order valence-corrected chi connectivity index (χ4v) is 5.32. The fraction of sp³-hybridized carbons (Fsp3) is 0.882. The van der Waals surface area contributed by atoms with Gasteiger partial charge < -0.3 is 9.47 Å². The molecule has 0 spiro atoms. The molecule has 6 atom stereocenters. The normalized spacial score (nSPS) is 47.9. The molecular weight excluding hydrogens is 268 g/mol. The Kier molecular flexibility index (Phi) is 3.25. The number of Topliss-reactive ketones (excluding diaryl/α,β-unsaturated/α-hetero) is 1. The molecule has 4 aliphatic rings. The number of esters is 1. The quantitative estimate of drug-likeness (QED) is 0.698. The molecule has 21 heavy (non-hydrogen) atoms. The average molecular weight is 294 g/mol. The van der Waals surface area contributed by atoms with E-state index < -0.39 is 11.2 Å². The molecular formula is C17H26O4. The molecule has 2 bridgehead atoms. The number of ether oxygens (including phenoxy) is 2. The van der Waals surface area contributed by atoms with Crippen molar-refractivity contribution in [3.05, 3.63) is 0 Å². The van der Waals surface area contributed by atoms with Gasteiger partial charge in [-0.2, -0.15) is 0 Å². The number of hydrogen-bond acceptors (Lipinski definition) is 4. The summed E-state index contributed by atoms with van der Waals surface area (Å²) < 4.78 is 12.0. The predicted octanol–water partition coefficient (Wildman–Crippen LogP) is 2.74. The second kappa shape index (κ2) is 4.55. The number of carbonyl (C=O) groups is 2. The molecule has 2 aliphatic heterocycles. The summed E-state index contributed by atoms with van der Waals surface area (Å²) in [5.41, 5.74) is -0.932. The molecule has 4 heteroatoms. The molecule has 118 valence electrons. The number of carbonyl (C=O) groups excluding carboxylic acids is 2. The minimum Gasteiger partial charge on any atom is -0.462 e. The highest BCUT2D eigenvalue weighted by Gasteiger charge is 2.63. The van der Waals surface area contributed by atoms with Crippen molar-refractivity contribution in [2.75, 3.05) is 0 Å². The third-order valence-electron chi connectivity index (χ3n) is 5.98. The zero-order valence-electron chi connectivity index (χ0n) is 13.6. The number of rotatable bonds is 1. The summed E-state index contributed by atoms with van der Waals surface area (Å²) in [7, 11) is 0. The van der Waals surface area contributed by atoms with Crippen LogP contribution in [0.15, 0.2) is 0 Å². The lowest BCUT2D eigenvalue weighted by Crippen LogP contribution is -2.55. The first-order chi connectivity index (χ1) is 9.64. The van der Waals surface area contributed by atoms with Crippen molar-refractivity contribution in [3.8, 4) is 0 Å². The van der Waals surface area contributed by atoms with Crippen LogP contribution in [0, 0.1) is 23.7 Å². The zero-order chi connectivity index (χ0) is 15.6. The van der Waals surface area contributed by atoms with E-state index >= 15 is 0 Å². The zero-order valence-corrected chi connectivity index (χ0v) is 13.6. The summed E-state index contributed by atoms with van der Waals surface area (Å²) in [6, 6.07) is 0. The highest BCUT2D eigenvalue weighted by atomic mass is 16.6. The Morgan fingerprint density at radius 3 is 2.52 bits per heavy atom. The highest BCUT2D eigenvalue weighted by Crippen LogP contribution is 2.57. The van der Waals surface area contributed by atoms with E-state index in [2.05, 4.69) is 6.92 Å². The topological polar surface area (TPSA) is 52.6 Å². The van der Waals surface area contributed by atoms with Crippen molar-refractivity contribution < 1.29 is 19.1 Å². The van der Waals surface area contributed by atoms with Crippen LogP contribution >= 0.6 is 0 Å². The van der Waals surface area contributed by atoms with Crippen molar-refractivity contribution in [3.63, 3.8) is 0 Å². The van der Waals surface area contributed by atoms with Crippen LogP contribution in [0.5, 0.6) is 0 Å². The van der Waals surface area contributed by atoms with E-state index in [1.54, 1.807) is 0 Å². The smallest absolute Gasteiger partial charge is 0.302 e. The van der Waals surface area contributed by atoms with Gasteiger partial charge >= 0.3 is 5.97 Å². The maximum atomic E-state index is 12.6. The second-order valence-electron chi connectivity index (χ2n) is 8.00. The molecule has 0 radical (unpaired) electrons. The Morgan fingerprint density at radius 1 is 1.29 bits per heavy atom. The Labute approximate surface area is 126 Å². The minimum atomic E-state index is -0.511. The molecule has 4 fully saturated rings. The van der Waals surface area contributed by atoms with Crippen molar-refractivity contribution in [1.82, 2.24) is 0 Å². The van der Waals surface area contributed by atoms with E-state index in [0.29, 0.717) is 24.0 Å². The van der Waals surface area contributed by atoms with Crippen molar-refractivity contribution in [2.45, 2.75) is 71.2 Å². The summed E-state index contributed by atoms with van der Waals surface area (Å²) in [6.45, 7) is 9.77. The molecule has 0 unspecified atom stereocenters. The van der Waals surface area contributed by atoms with E-state index in [1.807, 2.05) is 20.8 Å². The van der Waals surface area contributed by atoms with Gasteiger partial charge in [-0.1, -0.05) is 6.92 Å². The molecule has 0 aromatic heterocycles. The van der Waals surface area contributed by atoms with Crippen LogP contribution in [0.3, 0.4) is 0 Å². The first-order valence-corrected chi connectivity index (χ1v) is 8.04. The molecule has 0 aromatic carbocycles. The van der Waals surface area contributed by atoms with Crippen molar-refractivity contribution >= 4 is 11.8 Å². The SMILES string of the molecule is CC(=O)O[C@@H]1C[C@@H](C)[C@H]2C[C@H]3C(=O)C[C@](C)(OC3(C)C)[C@@H]21. The number of fused-ring (bicyclic) bond motifs is 2. The summed E-state index contributed by atoms with van der Waals surface area (Å²) >= 11 is 0. The van der Waals surface area contributed by atoms with Gasteiger partial charge in [-0.25, -0.2) is 0 Å². The lowest BCUT2D eigenvalue weighted by atomic mass is 9.77. The molecule has 2 saturated heterocycles. The second-order valence-corrected chi connectivity index (χ2v) is 8.00. The molecule has 2 heterocycles. The van der Waals surface area contributed by atoms with Crippen LogP contribution in [0.4, 0.5) is 0 Å². The van der Waals surface area contributed by atoms with Crippen LogP contribution < -0.4 is 0 Å². The van der Waals surface area contributed by atoms with Gasteiger partial charge in [0.2, 0.25) is 0 Å². The molecule has 0 N–H and O–H groups in total. The third kappa shape index (κ3) is 2.23. The van der Waals surface area contributed by atoms with Crippen LogP contribution in [0.25, 0.3) is 0 Å². The van der Waals surface area contributed by atoms with E-state index in [-0.39, 0.29) is 23.9 Å². The van der Waals surface area contributed by atoms with Gasteiger partial charge in [-0.05, 0) is 45.4 Å². The lowest BCUT2D eigenvalue weighted by Gasteiger charge is -2.47. The van der Waals surface area contributed by atoms with Crippen LogP contribution in [0.2, 0.25) is 0 Å². The maximum Gasteiger partial charge on any atom is 0.302 e. The van der Waals surface area contributed by atoms with E-state index in [9.17, 15) is 9.59 Å². The van der Waals surface area contributed by atoms with Crippen molar-refractivity contribution in [1.29, 1.82) is 0 Å². The predicted molar refractivity (Wildman–Crippen MR) is 77.6 cm³/mol. The van der Waals surface area contributed by atoms with Crippen LogP contribution in [0.1, 0.15) is 53.9 Å². The summed E-state index contributed by atoms with van der Waals surface area (Å²) in [5, 5.41) is 0. The van der Waals surface area contributed by atoms with Gasteiger partial charge in [-0.3, -0.25) is 9.59 Å². The molecule has 0 amide bonds. The third-order valence-corrected chi connectivity index (χ3v) is 5.98. The minimum absolute atomic E-state index is 0.0286. The van der Waals surface area contributed by atoms with E-state index in [4.69, 9.17) is 9.47 Å². The summed E-state index contributed by atoms with van der Waals surface area (Å²) in [6.07, 6.45) is 2.08. The standard InChI is InChI=1S/C17H26O4/c1-9-6-14(20-10(2)18)15-11(9)7-12-13(19)8-17(15,5)21-16(12,3)4/h9,11-12,14-15H,6-8H2,1-5H3/t9-,11-,12+,14-,15+,17+/m1/s1. The highest BCUT2D eigenvalue weighted by molar-refractivity contribution is 5.84. The molecule has 2 saturated carbocycles. The van der Waals surface area contributed by atoms with Gasteiger partial charge in [0.1, 0.15) is 11.9 Å². The number of hydrogen-bond donors (Lipinski definition) is 0. The van der Waals surface area contributed by atoms with Crippen molar-refractivity contribution in [2.24, 2.45) is 23.7 Å². The summed E-state index contributed by atoms with van der Waals surface area (Å²) in [4.78, 5) is 24.0. The fourth-order valence-electron chi connectivity index (χ4n) is 5.32. The Hall–Kier alpha value is -0.900. The first kappa shape index (κ1) is 15.0. The lowest BCUT2D eigenvalue weighted by molar-refractivity contribution is -0.209. The van der Waals surface area contributed by atoms with Gasteiger partial charge in [0.05, 0.1) is 11.2 Å². The molecule has 0 aromatic rings. The van der Waals surface area contributed by atoms with E-state index in [0.717, 1.165) is 12.8 Å². The van der Waals surface area contributed by atoms with Crippen LogP contribution in [-0.4, -0.2) is 29.1 Å². The van der Waals surface area contributed by atoms with Crippen LogP contribution in [-0.2, 0) is 19.1 Å². The largest absolute Gasteiger partial charge is 0.462 e. The van der Waals surface area contributed by atoms with E-state index in [1.165, 1.54) is 6.92 Å². The molecule has 4 nitrogen and oxygen atoms in total. The summed E-state index contributed by atoms with van der Waals surface area (Å²) in [5.74, 6) is 1.05. The first-order valence-electron chi connectivity index (χ1n) is 8.04. The Bertz CT molecular complexity index is 483. The maximum absolute atomic E-state index is 12.6. The van der Waals surface area contributed by atoms with Gasteiger partial charge in [0, 0.05) is 25.2 Å². The Morgan fingerprint density at radius 2 is 1.95 bits per heavy atom.